The highest BCUT2D eigenvalue weighted by Gasteiger charge is 2.16. The van der Waals surface area contributed by atoms with Crippen molar-refractivity contribution in [3.8, 4) is 0 Å². The fourth-order valence-electron chi connectivity index (χ4n) is 1.96. The average Bonchev–Trinajstić information content (AvgIpc) is 2.47. The molecule has 1 rings (SSSR count). The van der Waals surface area contributed by atoms with Crippen LogP contribution in [0.4, 0.5) is 0 Å². The van der Waals surface area contributed by atoms with Crippen LogP contribution in [0, 0.1) is 0 Å². The minimum Gasteiger partial charge on any atom is -0.480 e. The van der Waals surface area contributed by atoms with E-state index in [0.29, 0.717) is 29.4 Å². The van der Waals surface area contributed by atoms with Crippen molar-refractivity contribution in [1.82, 2.24) is 10.6 Å². The van der Waals surface area contributed by atoms with Crippen LogP contribution in [-0.2, 0) is 16.0 Å². The van der Waals surface area contributed by atoms with Crippen molar-refractivity contribution in [2.75, 3.05) is 13.1 Å². The first-order valence-corrected chi connectivity index (χ1v) is 7.87. The van der Waals surface area contributed by atoms with E-state index in [1.165, 1.54) is 0 Å². The summed E-state index contributed by atoms with van der Waals surface area (Å²) in [4.78, 5) is 22.6. The third-order valence-electron chi connectivity index (χ3n) is 3.13. The van der Waals surface area contributed by atoms with Crippen molar-refractivity contribution in [3.05, 3.63) is 33.8 Å². The van der Waals surface area contributed by atoms with Gasteiger partial charge in [-0.15, -0.1) is 0 Å². The van der Waals surface area contributed by atoms with Gasteiger partial charge in [0.15, 0.2) is 0 Å². The molecule has 5 nitrogen and oxygen atoms in total. The summed E-state index contributed by atoms with van der Waals surface area (Å²) < 4.78 is 0. The first-order chi connectivity index (χ1) is 10.5. The zero-order valence-corrected chi connectivity index (χ0v) is 13.9. The Labute approximate surface area is 140 Å². The van der Waals surface area contributed by atoms with E-state index >= 15 is 0 Å². The van der Waals surface area contributed by atoms with Crippen LogP contribution in [0.15, 0.2) is 18.2 Å². The van der Waals surface area contributed by atoms with E-state index in [0.717, 1.165) is 12.0 Å². The highest BCUT2D eigenvalue weighted by molar-refractivity contribution is 6.42. The maximum atomic E-state index is 11.7. The van der Waals surface area contributed by atoms with Crippen molar-refractivity contribution in [3.63, 3.8) is 0 Å². The van der Waals surface area contributed by atoms with Crippen molar-refractivity contribution in [2.24, 2.45) is 0 Å². The van der Waals surface area contributed by atoms with Crippen LogP contribution in [0.5, 0.6) is 0 Å². The fourth-order valence-corrected chi connectivity index (χ4v) is 2.37. The molecular formula is C15H20Cl2N2O3. The quantitative estimate of drug-likeness (QED) is 0.641. The number of hydrogen-bond acceptors (Lipinski definition) is 3. The predicted octanol–water partition coefficient (Wildman–Crippen LogP) is 2.49. The largest absolute Gasteiger partial charge is 0.480 e. The van der Waals surface area contributed by atoms with Crippen LogP contribution in [0.2, 0.25) is 10.0 Å². The van der Waals surface area contributed by atoms with Crippen LogP contribution in [0.3, 0.4) is 0 Å². The highest BCUT2D eigenvalue weighted by Crippen LogP contribution is 2.25. The molecule has 0 aliphatic rings. The predicted molar refractivity (Wildman–Crippen MR) is 87.5 cm³/mol. The van der Waals surface area contributed by atoms with Gasteiger partial charge in [0, 0.05) is 6.54 Å². The Kier molecular flexibility index (Phi) is 8.24. The molecule has 0 aromatic heterocycles. The Bertz CT molecular complexity index is 524. The third kappa shape index (κ3) is 6.22. The number of carboxylic acids is 1. The maximum Gasteiger partial charge on any atom is 0.320 e. The second-order valence-corrected chi connectivity index (χ2v) is 5.66. The summed E-state index contributed by atoms with van der Waals surface area (Å²) in [7, 11) is 0. The van der Waals surface area contributed by atoms with E-state index in [1.807, 2.05) is 13.0 Å². The van der Waals surface area contributed by atoms with Crippen LogP contribution >= 0.6 is 23.2 Å². The van der Waals surface area contributed by atoms with Gasteiger partial charge in [0.05, 0.1) is 16.6 Å². The molecule has 0 spiro atoms. The molecule has 1 aromatic rings. The second-order valence-electron chi connectivity index (χ2n) is 4.87. The molecule has 0 saturated carbocycles. The first kappa shape index (κ1) is 18.7. The summed E-state index contributed by atoms with van der Waals surface area (Å²) >= 11 is 12.0. The summed E-state index contributed by atoms with van der Waals surface area (Å²) in [6.07, 6.45) is 1.78. The topological polar surface area (TPSA) is 78.4 Å². The molecule has 0 bridgehead atoms. The highest BCUT2D eigenvalue weighted by atomic mass is 35.5. The van der Waals surface area contributed by atoms with Gasteiger partial charge in [0.1, 0.15) is 6.04 Å². The molecule has 1 atom stereocenters. The molecule has 22 heavy (non-hydrogen) atoms. The maximum absolute atomic E-state index is 11.7. The number of carboxylic acid groups (broad SMARTS) is 1. The van der Waals surface area contributed by atoms with Crippen molar-refractivity contribution >= 4 is 35.1 Å². The van der Waals surface area contributed by atoms with E-state index < -0.39 is 12.0 Å². The lowest BCUT2D eigenvalue weighted by Gasteiger charge is -2.13. The number of hydrogen-bond donors (Lipinski definition) is 3. The van der Waals surface area contributed by atoms with Crippen LogP contribution < -0.4 is 10.6 Å². The molecule has 3 N–H and O–H groups in total. The van der Waals surface area contributed by atoms with Gasteiger partial charge in [-0.3, -0.25) is 14.9 Å². The molecule has 0 heterocycles. The number of amides is 1. The Morgan fingerprint density at radius 2 is 2.05 bits per heavy atom. The Morgan fingerprint density at radius 3 is 2.68 bits per heavy atom. The monoisotopic (exact) mass is 346 g/mol. The molecule has 1 unspecified atom stereocenters. The van der Waals surface area contributed by atoms with Gasteiger partial charge in [-0.05, 0) is 24.5 Å². The minimum absolute atomic E-state index is 0.0275. The normalized spacial score (nSPS) is 12.0. The van der Waals surface area contributed by atoms with Gasteiger partial charge >= 0.3 is 5.97 Å². The average molecular weight is 347 g/mol. The Balaban J connectivity index is 2.34. The molecule has 0 aliphatic heterocycles. The van der Waals surface area contributed by atoms with E-state index in [4.69, 9.17) is 28.3 Å². The molecule has 0 saturated heterocycles. The summed E-state index contributed by atoms with van der Waals surface area (Å²) in [5.41, 5.74) is 0.858. The van der Waals surface area contributed by atoms with E-state index in [1.54, 1.807) is 12.1 Å². The number of nitrogens with one attached hydrogen (secondary N) is 2. The van der Waals surface area contributed by atoms with Gasteiger partial charge in [-0.1, -0.05) is 48.7 Å². The number of halogens is 2. The van der Waals surface area contributed by atoms with Gasteiger partial charge in [-0.25, -0.2) is 0 Å². The van der Waals surface area contributed by atoms with E-state index in [2.05, 4.69) is 10.6 Å². The summed E-state index contributed by atoms with van der Waals surface area (Å²) in [6, 6.07) is 4.66. The van der Waals surface area contributed by atoms with Crippen LogP contribution in [0.25, 0.3) is 0 Å². The number of rotatable bonds is 9. The number of carbonyl (C=O) groups is 2. The van der Waals surface area contributed by atoms with Gasteiger partial charge < -0.3 is 10.4 Å². The van der Waals surface area contributed by atoms with Gasteiger partial charge in [-0.2, -0.15) is 0 Å². The standard InChI is InChI=1S/C15H20Cl2N2O3/c1-2-4-12(15(21)22)19-9-13(20)18-8-7-10-5-3-6-11(16)14(10)17/h3,5-6,12,19H,2,4,7-9H2,1H3,(H,18,20)(H,21,22). The van der Waals surface area contributed by atoms with Crippen LogP contribution in [0.1, 0.15) is 25.3 Å². The summed E-state index contributed by atoms with van der Waals surface area (Å²) in [6.45, 7) is 2.28. The van der Waals surface area contributed by atoms with Crippen molar-refractivity contribution in [1.29, 1.82) is 0 Å². The molecule has 1 aromatic carbocycles. The second kappa shape index (κ2) is 9.66. The lowest BCUT2D eigenvalue weighted by molar-refractivity contribution is -0.139. The number of aliphatic carboxylic acids is 1. The summed E-state index contributed by atoms with van der Waals surface area (Å²) in [5.74, 6) is -1.19. The molecular weight excluding hydrogens is 327 g/mol. The Morgan fingerprint density at radius 1 is 1.32 bits per heavy atom. The number of benzene rings is 1. The van der Waals surface area contributed by atoms with Crippen LogP contribution in [-0.4, -0.2) is 36.1 Å². The van der Waals surface area contributed by atoms with Gasteiger partial charge in [0.2, 0.25) is 5.91 Å². The smallest absolute Gasteiger partial charge is 0.320 e. The zero-order valence-electron chi connectivity index (χ0n) is 12.4. The molecule has 122 valence electrons. The van der Waals surface area contributed by atoms with Crippen molar-refractivity contribution < 1.29 is 14.7 Å². The Hall–Kier alpha value is -1.30. The minimum atomic E-state index is -0.944. The lowest BCUT2D eigenvalue weighted by Crippen LogP contribution is -2.43. The molecule has 1 amide bonds. The molecule has 0 radical (unpaired) electrons. The summed E-state index contributed by atoms with van der Waals surface area (Å²) in [5, 5.41) is 15.4. The van der Waals surface area contributed by atoms with Gasteiger partial charge in [0.25, 0.3) is 0 Å². The fraction of sp³-hybridized carbons (Fsp3) is 0.467. The number of carbonyl (C=O) groups excluding carboxylic acids is 1. The molecule has 7 heteroatoms. The molecule has 0 fully saturated rings. The lowest BCUT2D eigenvalue weighted by atomic mass is 10.1. The van der Waals surface area contributed by atoms with Crippen molar-refractivity contribution in [2.45, 2.75) is 32.2 Å². The zero-order chi connectivity index (χ0) is 16.5. The SMILES string of the molecule is CCCC(NCC(=O)NCCc1cccc(Cl)c1Cl)C(=O)O. The third-order valence-corrected chi connectivity index (χ3v) is 3.99. The van der Waals surface area contributed by atoms with E-state index in [9.17, 15) is 9.59 Å². The first-order valence-electron chi connectivity index (χ1n) is 7.11. The van der Waals surface area contributed by atoms with E-state index in [-0.39, 0.29) is 12.5 Å². The molecule has 0 aliphatic carbocycles.